The lowest BCUT2D eigenvalue weighted by Gasteiger charge is -2.30. The molecule has 0 bridgehead atoms. The normalized spacial score (nSPS) is 17.1. The molecule has 180 valence electrons. The minimum Gasteiger partial charge on any atom is -0.496 e. The van der Waals surface area contributed by atoms with Crippen LogP contribution in [-0.4, -0.2) is 45.3 Å². The lowest BCUT2D eigenvalue weighted by Crippen LogP contribution is -2.30. The summed E-state index contributed by atoms with van der Waals surface area (Å²) in [4.78, 5) is 27.2. The average Bonchev–Trinajstić information content (AvgIpc) is 3.61. The van der Waals surface area contributed by atoms with Crippen molar-refractivity contribution < 1.29 is 13.7 Å². The summed E-state index contributed by atoms with van der Waals surface area (Å²) in [7, 11) is 0.228. The van der Waals surface area contributed by atoms with Gasteiger partial charge in [0.25, 0.3) is 0 Å². The van der Waals surface area contributed by atoms with Gasteiger partial charge in [0.05, 0.1) is 51.8 Å². The van der Waals surface area contributed by atoms with Gasteiger partial charge in [-0.05, 0) is 58.1 Å². The standard InChI is InChI=1S/C25H31N5O3S/c1-15-13-26-21(16(2)23(15)33-3)14-34(32)25-28-18-11-20(27-24(31)17-7-8-17)22(12-19(18)29-25)30-9-5-4-6-10-30/h11-13,17H,4-10,14H2,1-3H3,(H,27,31)(H,28,29). The van der Waals surface area contributed by atoms with Gasteiger partial charge in [0.1, 0.15) is 5.75 Å². The number of nitrogens with zero attached hydrogens (tertiary/aromatic N) is 3. The number of nitrogens with one attached hydrogen (secondary N) is 2. The fraction of sp³-hybridized carbons (Fsp3) is 0.480. The van der Waals surface area contributed by atoms with Gasteiger partial charge >= 0.3 is 0 Å². The number of H-pyrrole nitrogens is 1. The molecule has 1 atom stereocenters. The second-order valence-electron chi connectivity index (χ2n) is 9.28. The third-order valence-electron chi connectivity index (χ3n) is 6.71. The number of benzene rings is 1. The second-order valence-corrected chi connectivity index (χ2v) is 10.6. The fourth-order valence-corrected chi connectivity index (χ4v) is 5.72. The maximum absolute atomic E-state index is 13.2. The van der Waals surface area contributed by atoms with Gasteiger partial charge in [-0.15, -0.1) is 0 Å². The molecular weight excluding hydrogens is 450 g/mol. The van der Waals surface area contributed by atoms with Crippen molar-refractivity contribution in [2.45, 2.75) is 56.9 Å². The minimum atomic E-state index is -1.41. The Kier molecular flexibility index (Phi) is 6.29. The number of aromatic nitrogens is 3. The third kappa shape index (κ3) is 4.53. The molecule has 0 spiro atoms. The minimum absolute atomic E-state index is 0.0794. The van der Waals surface area contributed by atoms with E-state index in [9.17, 15) is 9.00 Å². The maximum atomic E-state index is 13.2. The van der Waals surface area contributed by atoms with E-state index in [1.165, 1.54) is 6.42 Å². The first-order valence-electron chi connectivity index (χ1n) is 11.9. The van der Waals surface area contributed by atoms with Crippen molar-refractivity contribution in [2.24, 2.45) is 5.92 Å². The monoisotopic (exact) mass is 481 g/mol. The number of imidazole rings is 1. The Bertz CT molecular complexity index is 1260. The van der Waals surface area contributed by atoms with Crippen LogP contribution < -0.4 is 15.0 Å². The number of carbonyl (C=O) groups excluding carboxylic acids is 1. The SMILES string of the molecule is COc1c(C)cnc(CS(=O)c2nc3cc(N4CCCCC4)c(NC(=O)C4CC4)cc3[nH]2)c1C. The summed E-state index contributed by atoms with van der Waals surface area (Å²) in [5.74, 6) is 1.22. The molecule has 1 aliphatic heterocycles. The molecule has 1 saturated heterocycles. The first-order valence-corrected chi connectivity index (χ1v) is 13.2. The molecule has 1 unspecified atom stereocenters. The number of rotatable bonds is 7. The summed E-state index contributed by atoms with van der Waals surface area (Å²) in [6, 6.07) is 3.95. The zero-order valence-electron chi connectivity index (χ0n) is 19.9. The first-order chi connectivity index (χ1) is 16.4. The van der Waals surface area contributed by atoms with Crippen molar-refractivity contribution in [1.29, 1.82) is 0 Å². The van der Waals surface area contributed by atoms with Gasteiger partial charge in [0.2, 0.25) is 5.91 Å². The number of methoxy groups -OCH3 is 1. The summed E-state index contributed by atoms with van der Waals surface area (Å²) in [6.07, 6.45) is 7.16. The van der Waals surface area contributed by atoms with Crippen LogP contribution in [0, 0.1) is 19.8 Å². The van der Waals surface area contributed by atoms with E-state index >= 15 is 0 Å². The number of aromatic amines is 1. The topological polar surface area (TPSA) is 100 Å². The third-order valence-corrected chi connectivity index (χ3v) is 7.87. The molecule has 0 radical (unpaired) electrons. The number of hydrogen-bond donors (Lipinski definition) is 2. The molecule has 9 heteroatoms. The molecule has 3 heterocycles. The van der Waals surface area contributed by atoms with Crippen LogP contribution in [0.15, 0.2) is 23.5 Å². The van der Waals surface area contributed by atoms with Crippen LogP contribution in [0.1, 0.15) is 48.9 Å². The molecule has 3 aromatic rings. The Morgan fingerprint density at radius 1 is 1.24 bits per heavy atom. The zero-order chi connectivity index (χ0) is 23.8. The fourth-order valence-electron chi connectivity index (χ4n) is 4.62. The van der Waals surface area contributed by atoms with Gasteiger partial charge < -0.3 is 19.9 Å². The predicted octanol–water partition coefficient (Wildman–Crippen LogP) is 4.23. The number of carbonyl (C=O) groups is 1. The predicted molar refractivity (Wildman–Crippen MR) is 134 cm³/mol. The Hall–Kier alpha value is -2.94. The van der Waals surface area contributed by atoms with Gasteiger partial charge in [-0.2, -0.15) is 0 Å². The van der Waals surface area contributed by atoms with Crippen LogP contribution in [-0.2, 0) is 21.3 Å². The number of pyridine rings is 1. The van der Waals surface area contributed by atoms with Crippen molar-refractivity contribution in [3.63, 3.8) is 0 Å². The lowest BCUT2D eigenvalue weighted by molar-refractivity contribution is -0.117. The van der Waals surface area contributed by atoms with Crippen molar-refractivity contribution in [3.05, 3.63) is 35.2 Å². The van der Waals surface area contributed by atoms with Gasteiger partial charge in [0.15, 0.2) is 5.16 Å². The van der Waals surface area contributed by atoms with Crippen molar-refractivity contribution in [3.8, 4) is 5.75 Å². The van der Waals surface area contributed by atoms with E-state index in [1.807, 2.05) is 26.0 Å². The van der Waals surface area contributed by atoms with Crippen LogP contribution in [0.4, 0.5) is 11.4 Å². The van der Waals surface area contributed by atoms with Crippen LogP contribution in [0.3, 0.4) is 0 Å². The van der Waals surface area contributed by atoms with Gasteiger partial charge in [0, 0.05) is 36.3 Å². The summed E-state index contributed by atoms with van der Waals surface area (Å²) in [6.45, 7) is 5.80. The Morgan fingerprint density at radius 2 is 2.00 bits per heavy atom. The number of amides is 1. The Labute approximate surface area is 202 Å². The highest BCUT2D eigenvalue weighted by molar-refractivity contribution is 7.84. The number of aryl methyl sites for hydroxylation is 1. The number of piperidine rings is 1. The molecule has 1 aliphatic carbocycles. The largest absolute Gasteiger partial charge is 0.496 e. The van der Waals surface area contributed by atoms with E-state index in [2.05, 4.69) is 25.2 Å². The first kappa shape index (κ1) is 22.8. The van der Waals surface area contributed by atoms with Crippen LogP contribution in [0.5, 0.6) is 5.75 Å². The Balaban J connectivity index is 1.46. The molecule has 5 rings (SSSR count). The molecule has 1 saturated carbocycles. The number of hydrogen-bond acceptors (Lipinski definition) is 6. The number of ether oxygens (including phenoxy) is 1. The smallest absolute Gasteiger partial charge is 0.227 e. The molecular formula is C25H31N5O3S. The van der Waals surface area contributed by atoms with Gasteiger partial charge in [-0.3, -0.25) is 14.0 Å². The highest BCUT2D eigenvalue weighted by atomic mass is 32.2. The van der Waals surface area contributed by atoms with Gasteiger partial charge in [-0.1, -0.05) is 0 Å². The molecule has 2 N–H and O–H groups in total. The molecule has 1 aromatic carbocycles. The van der Waals surface area contributed by atoms with Crippen molar-refractivity contribution >= 4 is 39.1 Å². The van der Waals surface area contributed by atoms with Crippen LogP contribution in [0.25, 0.3) is 11.0 Å². The number of fused-ring (bicyclic) bond motifs is 1. The van der Waals surface area contributed by atoms with Crippen LogP contribution in [0.2, 0.25) is 0 Å². The number of anilines is 2. The summed E-state index contributed by atoms with van der Waals surface area (Å²) >= 11 is 0. The maximum Gasteiger partial charge on any atom is 0.227 e. The summed E-state index contributed by atoms with van der Waals surface area (Å²) in [5.41, 5.74) is 5.88. The van der Waals surface area contributed by atoms with E-state index in [1.54, 1.807) is 13.3 Å². The van der Waals surface area contributed by atoms with E-state index in [0.29, 0.717) is 5.16 Å². The molecule has 2 aromatic heterocycles. The lowest BCUT2D eigenvalue weighted by atomic mass is 10.1. The highest BCUT2D eigenvalue weighted by Gasteiger charge is 2.30. The molecule has 34 heavy (non-hydrogen) atoms. The van der Waals surface area contributed by atoms with E-state index in [-0.39, 0.29) is 17.6 Å². The van der Waals surface area contributed by atoms with Gasteiger partial charge in [-0.25, -0.2) is 4.98 Å². The molecule has 2 aliphatic rings. The quantitative estimate of drug-likeness (QED) is 0.524. The molecule has 1 amide bonds. The van der Waals surface area contributed by atoms with E-state index < -0.39 is 10.8 Å². The average molecular weight is 482 g/mol. The summed E-state index contributed by atoms with van der Waals surface area (Å²) in [5, 5.41) is 3.55. The molecule has 2 fully saturated rings. The van der Waals surface area contributed by atoms with E-state index in [4.69, 9.17) is 4.74 Å². The zero-order valence-corrected chi connectivity index (χ0v) is 20.8. The molecule has 8 nitrogen and oxygen atoms in total. The van der Waals surface area contributed by atoms with E-state index in [0.717, 1.165) is 83.8 Å². The second kappa shape index (κ2) is 9.37. The van der Waals surface area contributed by atoms with Crippen molar-refractivity contribution in [2.75, 3.05) is 30.4 Å². The highest BCUT2D eigenvalue weighted by Crippen LogP contribution is 2.36. The Morgan fingerprint density at radius 3 is 2.71 bits per heavy atom. The van der Waals surface area contributed by atoms with Crippen LogP contribution >= 0.6 is 0 Å². The van der Waals surface area contributed by atoms with Crippen molar-refractivity contribution in [1.82, 2.24) is 15.0 Å². The summed E-state index contributed by atoms with van der Waals surface area (Å²) < 4.78 is 18.7.